The smallest absolute Gasteiger partial charge is 0.137 e. The Hall–Kier alpha value is -2.47. The van der Waals surface area contributed by atoms with Gasteiger partial charge in [0.25, 0.3) is 0 Å². The van der Waals surface area contributed by atoms with Crippen LogP contribution in [0.2, 0.25) is 0 Å². The number of rotatable bonds is 5. The lowest BCUT2D eigenvalue weighted by molar-refractivity contribution is 0.325. The zero-order chi connectivity index (χ0) is 14.4. The molecule has 0 heterocycles. The van der Waals surface area contributed by atoms with Gasteiger partial charge in [-0.3, -0.25) is 0 Å². The molecule has 0 aliphatic rings. The monoisotopic (exact) mass is 266 g/mol. The summed E-state index contributed by atoms with van der Waals surface area (Å²) in [6.07, 6.45) is 0. The average Bonchev–Trinajstić information content (AvgIpc) is 2.47. The van der Waals surface area contributed by atoms with Crippen molar-refractivity contribution in [3.8, 4) is 11.8 Å². The van der Waals surface area contributed by atoms with E-state index in [1.165, 1.54) is 11.3 Å². The zero-order valence-corrected chi connectivity index (χ0v) is 11.8. The Morgan fingerprint density at radius 1 is 1.15 bits per heavy atom. The van der Waals surface area contributed by atoms with Crippen LogP contribution >= 0.6 is 0 Å². The quantitative estimate of drug-likeness (QED) is 0.832. The molecule has 0 unspecified atom stereocenters. The van der Waals surface area contributed by atoms with Gasteiger partial charge in [0.2, 0.25) is 0 Å². The largest absolute Gasteiger partial charge is 0.490 e. The van der Waals surface area contributed by atoms with Gasteiger partial charge in [-0.15, -0.1) is 0 Å². The van der Waals surface area contributed by atoms with E-state index in [9.17, 15) is 0 Å². The highest BCUT2D eigenvalue weighted by Gasteiger charge is 2.04. The standard InChI is InChI=1S/C17H18N2O/c1-14-6-5-8-16(12-14)19(2)10-11-20-17-9-4-3-7-15(17)13-18/h3-9,12H,10-11H2,1-2H3. The summed E-state index contributed by atoms with van der Waals surface area (Å²) in [6, 6.07) is 17.8. The van der Waals surface area contributed by atoms with Gasteiger partial charge in [0, 0.05) is 12.7 Å². The van der Waals surface area contributed by atoms with E-state index in [0.717, 1.165) is 6.54 Å². The molecule has 102 valence electrons. The summed E-state index contributed by atoms with van der Waals surface area (Å²) in [5.41, 5.74) is 2.98. The van der Waals surface area contributed by atoms with Crippen LogP contribution in [0.1, 0.15) is 11.1 Å². The highest BCUT2D eigenvalue weighted by atomic mass is 16.5. The summed E-state index contributed by atoms with van der Waals surface area (Å²) in [6.45, 7) is 3.39. The van der Waals surface area contributed by atoms with Crippen molar-refractivity contribution in [3.63, 3.8) is 0 Å². The molecule has 20 heavy (non-hydrogen) atoms. The van der Waals surface area contributed by atoms with Crippen LogP contribution in [0, 0.1) is 18.3 Å². The van der Waals surface area contributed by atoms with Crippen LogP contribution in [-0.2, 0) is 0 Å². The topological polar surface area (TPSA) is 36.3 Å². The van der Waals surface area contributed by atoms with E-state index in [1.54, 1.807) is 6.07 Å². The van der Waals surface area contributed by atoms with Crippen LogP contribution in [0.15, 0.2) is 48.5 Å². The molecule has 0 amide bonds. The number of likely N-dealkylation sites (N-methyl/N-ethyl adjacent to an activating group) is 1. The highest BCUT2D eigenvalue weighted by molar-refractivity contribution is 5.47. The number of nitrogens with zero attached hydrogens (tertiary/aromatic N) is 2. The Morgan fingerprint density at radius 2 is 1.95 bits per heavy atom. The van der Waals surface area contributed by atoms with Crippen molar-refractivity contribution in [1.82, 2.24) is 0 Å². The molecule has 0 aliphatic carbocycles. The van der Waals surface area contributed by atoms with E-state index in [-0.39, 0.29) is 0 Å². The van der Waals surface area contributed by atoms with Gasteiger partial charge in [0.15, 0.2) is 0 Å². The average molecular weight is 266 g/mol. The number of nitriles is 1. The molecule has 0 N–H and O–H groups in total. The molecule has 0 saturated carbocycles. The summed E-state index contributed by atoms with van der Waals surface area (Å²) in [5.74, 6) is 0.646. The van der Waals surface area contributed by atoms with Gasteiger partial charge in [-0.2, -0.15) is 5.26 Å². The van der Waals surface area contributed by atoms with Gasteiger partial charge in [0.05, 0.1) is 12.1 Å². The third kappa shape index (κ3) is 3.52. The number of hydrogen-bond acceptors (Lipinski definition) is 3. The molecule has 3 heteroatoms. The third-order valence-corrected chi connectivity index (χ3v) is 3.13. The molecule has 0 aromatic heterocycles. The van der Waals surface area contributed by atoms with Gasteiger partial charge in [-0.1, -0.05) is 24.3 Å². The van der Waals surface area contributed by atoms with Crippen molar-refractivity contribution in [2.75, 3.05) is 25.1 Å². The van der Waals surface area contributed by atoms with Crippen molar-refractivity contribution >= 4 is 5.69 Å². The van der Waals surface area contributed by atoms with E-state index < -0.39 is 0 Å². The molecule has 0 atom stereocenters. The molecule has 0 aliphatic heterocycles. The predicted octanol–water partition coefficient (Wildman–Crippen LogP) is 3.38. The number of benzene rings is 2. The minimum absolute atomic E-state index is 0.545. The lowest BCUT2D eigenvalue weighted by Crippen LogP contribution is -2.23. The number of aryl methyl sites for hydroxylation is 1. The summed E-state index contributed by atoms with van der Waals surface area (Å²) in [4.78, 5) is 2.14. The third-order valence-electron chi connectivity index (χ3n) is 3.13. The summed E-state index contributed by atoms with van der Waals surface area (Å²) in [5, 5.41) is 9.00. The molecule has 0 fully saturated rings. The van der Waals surface area contributed by atoms with Crippen LogP contribution in [0.25, 0.3) is 0 Å². The molecule has 2 aromatic rings. The fourth-order valence-corrected chi connectivity index (χ4v) is 1.97. The number of para-hydroxylation sites is 1. The predicted molar refractivity (Wildman–Crippen MR) is 81.1 cm³/mol. The Balaban J connectivity index is 1.91. The van der Waals surface area contributed by atoms with Crippen molar-refractivity contribution in [2.45, 2.75) is 6.92 Å². The van der Waals surface area contributed by atoms with Gasteiger partial charge in [-0.25, -0.2) is 0 Å². The first-order valence-corrected chi connectivity index (χ1v) is 6.60. The second kappa shape index (κ2) is 6.63. The summed E-state index contributed by atoms with van der Waals surface area (Å²) in [7, 11) is 2.04. The molecule has 2 rings (SSSR count). The Bertz CT molecular complexity index is 616. The van der Waals surface area contributed by atoms with Gasteiger partial charge >= 0.3 is 0 Å². The fraction of sp³-hybridized carbons (Fsp3) is 0.235. The Morgan fingerprint density at radius 3 is 2.70 bits per heavy atom. The maximum Gasteiger partial charge on any atom is 0.137 e. The molecule has 0 saturated heterocycles. The number of anilines is 1. The van der Waals surface area contributed by atoms with E-state index in [0.29, 0.717) is 17.9 Å². The lowest BCUT2D eigenvalue weighted by Gasteiger charge is -2.20. The van der Waals surface area contributed by atoms with Crippen LogP contribution in [0.3, 0.4) is 0 Å². The minimum Gasteiger partial charge on any atom is -0.490 e. The van der Waals surface area contributed by atoms with Crippen LogP contribution < -0.4 is 9.64 Å². The maximum absolute atomic E-state index is 9.00. The van der Waals surface area contributed by atoms with Crippen molar-refractivity contribution < 1.29 is 4.74 Å². The normalized spacial score (nSPS) is 9.85. The first kappa shape index (κ1) is 14.0. The lowest BCUT2D eigenvalue weighted by atomic mass is 10.2. The fourth-order valence-electron chi connectivity index (χ4n) is 1.97. The molecular weight excluding hydrogens is 248 g/mol. The van der Waals surface area contributed by atoms with Crippen molar-refractivity contribution in [1.29, 1.82) is 5.26 Å². The van der Waals surface area contributed by atoms with Gasteiger partial charge in [0.1, 0.15) is 18.4 Å². The molecule has 3 nitrogen and oxygen atoms in total. The second-order valence-electron chi connectivity index (χ2n) is 4.72. The highest BCUT2D eigenvalue weighted by Crippen LogP contribution is 2.17. The van der Waals surface area contributed by atoms with Gasteiger partial charge < -0.3 is 9.64 Å². The van der Waals surface area contributed by atoms with Crippen LogP contribution in [0.4, 0.5) is 5.69 Å². The molecule has 0 bridgehead atoms. The van der Waals surface area contributed by atoms with E-state index in [4.69, 9.17) is 10.00 Å². The zero-order valence-electron chi connectivity index (χ0n) is 11.8. The minimum atomic E-state index is 0.545. The number of ether oxygens (including phenoxy) is 1. The maximum atomic E-state index is 9.00. The van der Waals surface area contributed by atoms with Crippen LogP contribution in [-0.4, -0.2) is 20.2 Å². The first-order chi connectivity index (χ1) is 9.70. The van der Waals surface area contributed by atoms with Crippen LogP contribution in [0.5, 0.6) is 5.75 Å². The number of hydrogen-bond donors (Lipinski definition) is 0. The second-order valence-corrected chi connectivity index (χ2v) is 4.72. The van der Waals surface area contributed by atoms with E-state index >= 15 is 0 Å². The summed E-state index contributed by atoms with van der Waals surface area (Å²) < 4.78 is 5.69. The van der Waals surface area contributed by atoms with Crippen molar-refractivity contribution in [2.24, 2.45) is 0 Å². The first-order valence-electron chi connectivity index (χ1n) is 6.60. The Kier molecular flexibility index (Phi) is 4.62. The summed E-state index contributed by atoms with van der Waals surface area (Å²) >= 11 is 0. The molecular formula is C17H18N2O. The van der Waals surface area contributed by atoms with Crippen molar-refractivity contribution in [3.05, 3.63) is 59.7 Å². The molecule has 0 radical (unpaired) electrons. The van der Waals surface area contributed by atoms with Gasteiger partial charge in [-0.05, 0) is 36.8 Å². The molecule has 2 aromatic carbocycles. The van der Waals surface area contributed by atoms with E-state index in [1.807, 2.05) is 31.3 Å². The SMILES string of the molecule is Cc1cccc(N(C)CCOc2ccccc2C#N)c1. The Labute approximate surface area is 120 Å². The molecule has 0 spiro atoms. The van der Waals surface area contributed by atoms with E-state index in [2.05, 4.69) is 36.1 Å².